The molecule has 1 aromatic carbocycles. The third-order valence-corrected chi connectivity index (χ3v) is 4.38. The van der Waals surface area contributed by atoms with Crippen molar-refractivity contribution >= 4 is 34.1 Å². The standard InChI is InChI=1S/C16H15IN2O3/c1-21-15-7-14(19-10-3-2-4-11(20)5-10)13(17)6-12(15)16-8-18-9-22-16/h5-9,19H,2-4H2,1H3. The van der Waals surface area contributed by atoms with E-state index >= 15 is 0 Å². The molecular formula is C16H15IN2O3. The SMILES string of the molecule is COc1cc(NC2=CC(=O)CCC2)c(I)cc1-c1cnco1. The summed E-state index contributed by atoms with van der Waals surface area (Å²) < 4.78 is 11.8. The highest BCUT2D eigenvalue weighted by Gasteiger charge is 2.15. The Morgan fingerprint density at radius 3 is 2.91 bits per heavy atom. The van der Waals surface area contributed by atoms with Crippen LogP contribution in [0.1, 0.15) is 19.3 Å². The topological polar surface area (TPSA) is 64.4 Å². The summed E-state index contributed by atoms with van der Waals surface area (Å²) >= 11 is 2.25. The van der Waals surface area contributed by atoms with Crippen molar-refractivity contribution in [3.63, 3.8) is 0 Å². The highest BCUT2D eigenvalue weighted by Crippen LogP contribution is 2.36. The van der Waals surface area contributed by atoms with Gasteiger partial charge in [0.2, 0.25) is 0 Å². The molecule has 0 fully saturated rings. The summed E-state index contributed by atoms with van der Waals surface area (Å²) in [4.78, 5) is 15.5. The molecule has 0 amide bonds. The second-order valence-electron chi connectivity index (χ2n) is 5.01. The van der Waals surface area contributed by atoms with E-state index in [1.807, 2.05) is 12.1 Å². The van der Waals surface area contributed by atoms with E-state index < -0.39 is 0 Å². The van der Waals surface area contributed by atoms with Crippen molar-refractivity contribution in [1.82, 2.24) is 4.98 Å². The quantitative estimate of drug-likeness (QED) is 0.772. The summed E-state index contributed by atoms with van der Waals surface area (Å²) in [5.74, 6) is 1.53. The van der Waals surface area contributed by atoms with Gasteiger partial charge in [-0.3, -0.25) is 4.79 Å². The number of benzene rings is 1. The molecule has 1 aliphatic carbocycles. The number of halogens is 1. The lowest BCUT2D eigenvalue weighted by Gasteiger charge is -2.17. The Morgan fingerprint density at radius 2 is 2.23 bits per heavy atom. The average molecular weight is 410 g/mol. The smallest absolute Gasteiger partial charge is 0.181 e. The monoisotopic (exact) mass is 410 g/mol. The fourth-order valence-electron chi connectivity index (χ4n) is 2.42. The van der Waals surface area contributed by atoms with Gasteiger partial charge in [0.25, 0.3) is 0 Å². The maximum atomic E-state index is 11.5. The highest BCUT2D eigenvalue weighted by molar-refractivity contribution is 14.1. The fourth-order valence-corrected chi connectivity index (χ4v) is 3.02. The van der Waals surface area contributed by atoms with Crippen molar-refractivity contribution in [3.8, 4) is 17.1 Å². The molecule has 114 valence electrons. The fraction of sp³-hybridized carbons (Fsp3) is 0.250. The van der Waals surface area contributed by atoms with Crippen LogP contribution in [0.3, 0.4) is 0 Å². The first-order valence-electron chi connectivity index (χ1n) is 6.94. The van der Waals surface area contributed by atoms with Crippen molar-refractivity contribution in [3.05, 3.63) is 40.1 Å². The second-order valence-corrected chi connectivity index (χ2v) is 6.17. The molecule has 0 saturated carbocycles. The van der Waals surface area contributed by atoms with Crippen LogP contribution in [0.25, 0.3) is 11.3 Å². The van der Waals surface area contributed by atoms with Crippen LogP contribution in [0.15, 0.2) is 40.9 Å². The number of allylic oxidation sites excluding steroid dienone is 2. The minimum absolute atomic E-state index is 0.175. The molecule has 0 saturated heterocycles. The number of anilines is 1. The molecule has 0 unspecified atom stereocenters. The number of oxazole rings is 1. The molecule has 1 aromatic heterocycles. The molecule has 5 nitrogen and oxygen atoms in total. The molecule has 2 aromatic rings. The van der Waals surface area contributed by atoms with E-state index in [4.69, 9.17) is 9.15 Å². The van der Waals surface area contributed by atoms with Crippen LogP contribution >= 0.6 is 22.6 Å². The van der Waals surface area contributed by atoms with Crippen molar-refractivity contribution in [2.75, 3.05) is 12.4 Å². The summed E-state index contributed by atoms with van der Waals surface area (Å²) in [5.41, 5.74) is 2.72. The van der Waals surface area contributed by atoms with Gasteiger partial charge in [0.05, 0.1) is 24.6 Å². The van der Waals surface area contributed by atoms with Crippen LogP contribution in [0.2, 0.25) is 0 Å². The first-order chi connectivity index (χ1) is 10.7. The van der Waals surface area contributed by atoms with Gasteiger partial charge in [-0.2, -0.15) is 0 Å². The Balaban J connectivity index is 1.94. The van der Waals surface area contributed by atoms with Gasteiger partial charge in [0.1, 0.15) is 5.75 Å². The summed E-state index contributed by atoms with van der Waals surface area (Å²) in [7, 11) is 1.62. The van der Waals surface area contributed by atoms with Gasteiger partial charge in [-0.05, 0) is 41.5 Å². The summed E-state index contributed by atoms with van der Waals surface area (Å²) in [6.45, 7) is 0. The number of ether oxygens (including phenoxy) is 1. The van der Waals surface area contributed by atoms with E-state index in [0.29, 0.717) is 17.9 Å². The molecule has 0 radical (unpaired) electrons. The number of methoxy groups -OCH3 is 1. The summed E-state index contributed by atoms with van der Waals surface area (Å²) in [5, 5.41) is 3.33. The number of ketones is 1. The minimum atomic E-state index is 0.175. The Hall–Kier alpha value is -1.83. The number of hydrogen-bond acceptors (Lipinski definition) is 5. The summed E-state index contributed by atoms with van der Waals surface area (Å²) in [6, 6.07) is 3.90. The first kappa shape index (κ1) is 15.1. The number of hydrogen-bond donors (Lipinski definition) is 1. The minimum Gasteiger partial charge on any atom is -0.496 e. The Bertz CT molecular complexity index is 723. The predicted molar refractivity (Wildman–Crippen MR) is 91.8 cm³/mol. The molecule has 0 bridgehead atoms. The van der Waals surface area contributed by atoms with Gasteiger partial charge in [-0.1, -0.05) is 0 Å². The van der Waals surface area contributed by atoms with E-state index in [1.54, 1.807) is 19.4 Å². The average Bonchev–Trinajstić information content (AvgIpc) is 3.03. The van der Waals surface area contributed by atoms with Crippen LogP contribution in [0.4, 0.5) is 5.69 Å². The molecular weight excluding hydrogens is 395 g/mol. The number of aromatic nitrogens is 1. The molecule has 0 spiro atoms. The van der Waals surface area contributed by atoms with Gasteiger partial charge in [-0.15, -0.1) is 0 Å². The van der Waals surface area contributed by atoms with Crippen molar-refractivity contribution in [1.29, 1.82) is 0 Å². The molecule has 1 heterocycles. The van der Waals surface area contributed by atoms with Gasteiger partial charge >= 0.3 is 0 Å². The molecule has 1 N–H and O–H groups in total. The number of rotatable bonds is 4. The van der Waals surface area contributed by atoms with Crippen LogP contribution in [0, 0.1) is 3.57 Å². The van der Waals surface area contributed by atoms with Crippen LogP contribution < -0.4 is 10.1 Å². The first-order valence-corrected chi connectivity index (χ1v) is 8.02. The maximum absolute atomic E-state index is 11.5. The Labute approximate surface area is 141 Å². The lowest BCUT2D eigenvalue weighted by Crippen LogP contribution is -2.10. The van der Waals surface area contributed by atoms with Crippen LogP contribution in [0.5, 0.6) is 5.75 Å². The lowest BCUT2D eigenvalue weighted by atomic mass is 10.0. The van der Waals surface area contributed by atoms with Gasteiger partial charge in [0.15, 0.2) is 17.9 Å². The Morgan fingerprint density at radius 1 is 1.36 bits per heavy atom. The maximum Gasteiger partial charge on any atom is 0.181 e. The van der Waals surface area contributed by atoms with Crippen molar-refractivity contribution in [2.24, 2.45) is 0 Å². The van der Waals surface area contributed by atoms with Crippen LogP contribution in [-0.4, -0.2) is 17.9 Å². The third-order valence-electron chi connectivity index (χ3n) is 3.49. The second kappa shape index (κ2) is 6.51. The zero-order valence-electron chi connectivity index (χ0n) is 12.1. The highest BCUT2D eigenvalue weighted by atomic mass is 127. The van der Waals surface area contributed by atoms with Gasteiger partial charge in [-0.25, -0.2) is 4.98 Å². The third kappa shape index (κ3) is 3.16. The largest absolute Gasteiger partial charge is 0.496 e. The van der Waals surface area contributed by atoms with E-state index in [-0.39, 0.29) is 5.78 Å². The molecule has 3 rings (SSSR count). The van der Waals surface area contributed by atoms with E-state index in [2.05, 4.69) is 32.9 Å². The Kier molecular flexibility index (Phi) is 4.47. The molecule has 0 atom stereocenters. The summed E-state index contributed by atoms with van der Waals surface area (Å²) in [6.07, 6.45) is 7.15. The van der Waals surface area contributed by atoms with Crippen LogP contribution in [-0.2, 0) is 4.79 Å². The van der Waals surface area contributed by atoms with Crippen molar-refractivity contribution < 1.29 is 13.9 Å². The number of nitrogens with zero attached hydrogens (tertiary/aromatic N) is 1. The molecule has 6 heteroatoms. The number of carbonyl (C=O) groups is 1. The predicted octanol–water partition coefficient (Wildman–Crippen LogP) is 4.00. The zero-order valence-corrected chi connectivity index (χ0v) is 14.2. The van der Waals surface area contributed by atoms with E-state index in [0.717, 1.165) is 33.4 Å². The van der Waals surface area contributed by atoms with Crippen molar-refractivity contribution in [2.45, 2.75) is 19.3 Å². The molecule has 1 aliphatic rings. The van der Waals surface area contributed by atoms with Gasteiger partial charge in [0, 0.05) is 27.8 Å². The lowest BCUT2D eigenvalue weighted by molar-refractivity contribution is -0.115. The normalized spacial score (nSPS) is 14.6. The number of carbonyl (C=O) groups excluding carboxylic acids is 1. The zero-order chi connectivity index (χ0) is 15.5. The van der Waals surface area contributed by atoms with Gasteiger partial charge < -0.3 is 14.5 Å². The molecule has 22 heavy (non-hydrogen) atoms. The molecule has 0 aliphatic heterocycles. The number of nitrogens with one attached hydrogen (secondary N) is 1. The van der Waals surface area contributed by atoms with E-state index in [1.165, 1.54) is 6.39 Å². The van der Waals surface area contributed by atoms with E-state index in [9.17, 15) is 4.79 Å².